The molecular formula is C20H28N4S2Si2. The van der Waals surface area contributed by atoms with Crippen molar-refractivity contribution < 1.29 is 0 Å². The largest absolute Gasteiger partial charge is 0.345 e. The number of benzene rings is 2. The molecule has 148 valence electrons. The summed E-state index contributed by atoms with van der Waals surface area (Å²) in [7, 11) is -2.82. The number of aromatic nitrogens is 4. The maximum atomic E-state index is 5.34. The highest BCUT2D eigenvalue weighted by Gasteiger charge is 2.20. The summed E-state index contributed by atoms with van der Waals surface area (Å²) in [6.07, 6.45) is 0. The molecule has 2 aromatic carbocycles. The fourth-order valence-electron chi connectivity index (χ4n) is 3.44. The number of nitrogens with zero attached hydrogens (tertiary/aromatic N) is 2. The van der Waals surface area contributed by atoms with Crippen LogP contribution in [0.2, 0.25) is 39.3 Å². The molecule has 4 nitrogen and oxygen atoms in total. The number of hydrogen-bond acceptors (Lipinski definition) is 2. The van der Waals surface area contributed by atoms with Crippen LogP contribution in [-0.2, 0) is 0 Å². The molecule has 0 aliphatic rings. The molecular weight excluding hydrogens is 417 g/mol. The summed E-state index contributed by atoms with van der Waals surface area (Å²) in [4.78, 5) is 6.49. The number of hydrogen-bond donors (Lipinski definition) is 2. The number of para-hydroxylation sites is 4. The van der Waals surface area contributed by atoms with Gasteiger partial charge in [0.25, 0.3) is 0 Å². The van der Waals surface area contributed by atoms with Crippen LogP contribution in [0.25, 0.3) is 22.1 Å². The zero-order chi connectivity index (χ0) is 20.7. The van der Waals surface area contributed by atoms with E-state index < -0.39 is 16.5 Å². The summed E-state index contributed by atoms with van der Waals surface area (Å²) in [5, 5.41) is 0. The Kier molecular flexibility index (Phi) is 5.68. The van der Waals surface area contributed by atoms with E-state index in [9.17, 15) is 0 Å². The predicted molar refractivity (Wildman–Crippen MR) is 132 cm³/mol. The smallest absolute Gasteiger partial charge is 0.169 e. The summed E-state index contributed by atoms with van der Waals surface area (Å²) >= 11 is 10.7. The highest BCUT2D eigenvalue weighted by atomic mass is 32.1. The molecule has 0 radical (unpaired) electrons. The number of H-pyrrole nitrogens is 2. The molecule has 0 saturated heterocycles. The van der Waals surface area contributed by atoms with Crippen molar-refractivity contribution in [1.82, 2.24) is 18.4 Å². The zero-order valence-electron chi connectivity index (χ0n) is 17.3. The van der Waals surface area contributed by atoms with Gasteiger partial charge in [0.15, 0.2) is 26.0 Å². The normalized spacial score (nSPS) is 12.2. The van der Waals surface area contributed by atoms with Gasteiger partial charge in [0.1, 0.15) is 0 Å². The molecule has 4 rings (SSSR count). The van der Waals surface area contributed by atoms with Crippen LogP contribution >= 0.6 is 24.4 Å². The molecule has 0 unspecified atom stereocenters. The molecule has 0 atom stereocenters. The Morgan fingerprint density at radius 3 is 1.25 bits per heavy atom. The highest BCUT2D eigenvalue weighted by Crippen LogP contribution is 2.19. The van der Waals surface area contributed by atoms with Gasteiger partial charge in [0, 0.05) is 0 Å². The van der Waals surface area contributed by atoms with E-state index in [4.69, 9.17) is 24.4 Å². The van der Waals surface area contributed by atoms with E-state index in [1.165, 1.54) is 11.0 Å². The minimum atomic E-state index is -1.41. The van der Waals surface area contributed by atoms with Gasteiger partial charge < -0.3 is 18.4 Å². The average Bonchev–Trinajstić information content (AvgIpc) is 3.09. The second kappa shape index (κ2) is 7.59. The third-order valence-electron chi connectivity index (χ3n) is 4.52. The SMILES string of the molecule is C[Si](C)(C)n1c(=S)[nH]c2ccccc21.C[Si](C)(C)n1c(=S)[nH]c2ccccc21. The van der Waals surface area contributed by atoms with Crippen LogP contribution in [0.15, 0.2) is 48.5 Å². The van der Waals surface area contributed by atoms with Gasteiger partial charge >= 0.3 is 0 Å². The van der Waals surface area contributed by atoms with Crippen molar-refractivity contribution in [2.75, 3.05) is 0 Å². The van der Waals surface area contributed by atoms with E-state index in [0.29, 0.717) is 0 Å². The molecule has 2 heterocycles. The first-order valence-electron chi connectivity index (χ1n) is 9.40. The molecule has 0 aliphatic carbocycles. The van der Waals surface area contributed by atoms with E-state index in [2.05, 4.69) is 94.1 Å². The molecule has 28 heavy (non-hydrogen) atoms. The van der Waals surface area contributed by atoms with Crippen molar-refractivity contribution in [2.24, 2.45) is 0 Å². The van der Waals surface area contributed by atoms with Crippen LogP contribution < -0.4 is 0 Å². The Hall–Kier alpha value is -1.75. The van der Waals surface area contributed by atoms with Crippen molar-refractivity contribution in [1.29, 1.82) is 0 Å². The molecule has 4 aromatic rings. The Morgan fingerprint density at radius 2 is 0.929 bits per heavy atom. The van der Waals surface area contributed by atoms with Gasteiger partial charge in [-0.25, -0.2) is 0 Å². The van der Waals surface area contributed by atoms with Gasteiger partial charge in [-0.3, -0.25) is 0 Å². The summed E-state index contributed by atoms with van der Waals surface area (Å²) in [5.74, 6) is 0. The first-order valence-corrected chi connectivity index (χ1v) is 17.1. The molecule has 8 heteroatoms. The molecule has 2 N–H and O–H groups in total. The topological polar surface area (TPSA) is 41.4 Å². The molecule has 2 aromatic heterocycles. The molecule has 0 spiro atoms. The Morgan fingerprint density at radius 1 is 0.607 bits per heavy atom. The van der Waals surface area contributed by atoms with Gasteiger partial charge in [-0.05, 0) is 48.7 Å². The van der Waals surface area contributed by atoms with Crippen molar-refractivity contribution in [3.8, 4) is 0 Å². The number of nitrogens with one attached hydrogen (secondary N) is 2. The molecule has 0 amide bonds. The van der Waals surface area contributed by atoms with Crippen molar-refractivity contribution >= 4 is 63.0 Å². The Bertz CT molecular complexity index is 1140. The van der Waals surface area contributed by atoms with Crippen LogP contribution in [-0.4, -0.2) is 34.9 Å². The first-order chi connectivity index (χ1) is 13.0. The number of aromatic amines is 2. The molecule has 0 fully saturated rings. The van der Waals surface area contributed by atoms with E-state index in [1.54, 1.807) is 0 Å². The van der Waals surface area contributed by atoms with Crippen molar-refractivity contribution in [2.45, 2.75) is 39.3 Å². The van der Waals surface area contributed by atoms with Crippen LogP contribution in [0.4, 0.5) is 0 Å². The van der Waals surface area contributed by atoms with Crippen LogP contribution in [0.3, 0.4) is 0 Å². The third kappa shape index (κ3) is 4.14. The van der Waals surface area contributed by atoms with Gasteiger partial charge in [-0.15, -0.1) is 0 Å². The summed E-state index contributed by atoms with van der Waals surface area (Å²) in [6.45, 7) is 13.8. The van der Waals surface area contributed by atoms with E-state index in [-0.39, 0.29) is 0 Å². The minimum absolute atomic E-state index is 0.852. The lowest BCUT2D eigenvalue weighted by Gasteiger charge is -2.19. The lowest BCUT2D eigenvalue weighted by molar-refractivity contribution is 1.13. The van der Waals surface area contributed by atoms with Gasteiger partial charge in [0.05, 0.1) is 22.1 Å². The Balaban J connectivity index is 0.000000161. The second-order valence-electron chi connectivity index (χ2n) is 8.91. The van der Waals surface area contributed by atoms with E-state index >= 15 is 0 Å². The Labute approximate surface area is 178 Å². The maximum absolute atomic E-state index is 5.34. The lowest BCUT2D eigenvalue weighted by atomic mass is 10.3. The third-order valence-corrected chi connectivity index (χ3v) is 9.03. The minimum Gasteiger partial charge on any atom is -0.345 e. The zero-order valence-corrected chi connectivity index (χ0v) is 21.0. The second-order valence-corrected chi connectivity index (χ2v) is 19.3. The fraction of sp³-hybridized carbons (Fsp3) is 0.300. The van der Waals surface area contributed by atoms with Gasteiger partial charge in [-0.2, -0.15) is 0 Å². The van der Waals surface area contributed by atoms with Crippen molar-refractivity contribution in [3.63, 3.8) is 0 Å². The molecule has 0 saturated carbocycles. The van der Waals surface area contributed by atoms with E-state index in [0.717, 1.165) is 20.6 Å². The average molecular weight is 445 g/mol. The van der Waals surface area contributed by atoms with E-state index in [1.807, 2.05) is 12.1 Å². The molecule has 0 aliphatic heterocycles. The standard InChI is InChI=1S/2C10H14N2SSi/c2*1-14(2,3)12-9-7-5-4-6-8(9)11-10(12)13/h2*4-7H,1-3H3,(H,11,13). The number of imidazole rings is 2. The van der Waals surface area contributed by atoms with Gasteiger partial charge in [0.2, 0.25) is 0 Å². The van der Waals surface area contributed by atoms with Crippen LogP contribution in [0.5, 0.6) is 0 Å². The monoisotopic (exact) mass is 444 g/mol. The van der Waals surface area contributed by atoms with Crippen LogP contribution in [0.1, 0.15) is 0 Å². The quantitative estimate of drug-likeness (QED) is 0.265. The summed E-state index contributed by atoms with van der Waals surface area (Å²) < 4.78 is 6.28. The number of rotatable bonds is 2. The summed E-state index contributed by atoms with van der Waals surface area (Å²) in [5.41, 5.74) is 4.74. The molecule has 0 bridgehead atoms. The van der Waals surface area contributed by atoms with Gasteiger partial charge in [-0.1, -0.05) is 63.5 Å². The lowest BCUT2D eigenvalue weighted by Crippen LogP contribution is -2.31. The van der Waals surface area contributed by atoms with Crippen LogP contribution in [0, 0.1) is 9.54 Å². The summed E-state index contributed by atoms with van der Waals surface area (Å²) in [6, 6.07) is 16.6. The maximum Gasteiger partial charge on any atom is 0.169 e. The highest BCUT2D eigenvalue weighted by molar-refractivity contribution is 7.71. The first kappa shape index (κ1) is 21.0. The fourth-order valence-corrected chi connectivity index (χ4v) is 8.67. The van der Waals surface area contributed by atoms with Crippen molar-refractivity contribution in [3.05, 3.63) is 58.1 Å². The predicted octanol–water partition coefficient (Wildman–Crippen LogP) is 6.76. The number of fused-ring (bicyclic) bond motifs is 2.